The molecule has 0 aliphatic carbocycles. The van der Waals surface area contributed by atoms with Gasteiger partial charge in [-0.3, -0.25) is 0 Å². The summed E-state index contributed by atoms with van der Waals surface area (Å²) in [5, 5.41) is 5.32. The predicted molar refractivity (Wildman–Crippen MR) is 56.6 cm³/mol. The lowest BCUT2D eigenvalue weighted by atomic mass is 10.1. The maximum Gasteiger partial charge on any atom is 0.238 e. The van der Waals surface area contributed by atoms with Gasteiger partial charge in [-0.25, -0.2) is 13.6 Å². The van der Waals surface area contributed by atoms with Crippen molar-refractivity contribution >= 4 is 21.6 Å². The van der Waals surface area contributed by atoms with Gasteiger partial charge < -0.3 is 4.74 Å². The molecule has 1 aromatic carbocycles. The summed E-state index contributed by atoms with van der Waals surface area (Å²) >= 11 is 5.90. The Labute approximate surface area is 93.0 Å². The SMILES string of the molecule is C[C@H]1Cc2cc(S(N)(=O)=O)cc(Cl)c2O1. The molecule has 0 saturated heterocycles. The first-order valence-electron chi connectivity index (χ1n) is 4.40. The van der Waals surface area contributed by atoms with Crippen LogP contribution in [0.5, 0.6) is 5.75 Å². The first-order chi connectivity index (χ1) is 6.88. The summed E-state index contributed by atoms with van der Waals surface area (Å²) in [6, 6.07) is 2.83. The maximum atomic E-state index is 11.1. The van der Waals surface area contributed by atoms with Gasteiger partial charge in [-0.05, 0) is 19.1 Å². The predicted octanol–water partition coefficient (Wildman–Crippen LogP) is 1.31. The highest BCUT2D eigenvalue weighted by Gasteiger charge is 2.24. The van der Waals surface area contributed by atoms with Crippen LogP contribution in [0.2, 0.25) is 5.02 Å². The lowest BCUT2D eigenvalue weighted by Gasteiger charge is -2.05. The van der Waals surface area contributed by atoms with Gasteiger partial charge in [-0.15, -0.1) is 0 Å². The van der Waals surface area contributed by atoms with Crippen LogP contribution in [0.1, 0.15) is 12.5 Å². The van der Waals surface area contributed by atoms with Crippen molar-refractivity contribution in [2.24, 2.45) is 5.14 Å². The van der Waals surface area contributed by atoms with Crippen LogP contribution in [0.15, 0.2) is 17.0 Å². The Morgan fingerprint density at radius 2 is 2.20 bits per heavy atom. The van der Waals surface area contributed by atoms with E-state index in [0.717, 1.165) is 5.56 Å². The number of fused-ring (bicyclic) bond motifs is 1. The van der Waals surface area contributed by atoms with Crippen LogP contribution in [0.3, 0.4) is 0 Å². The number of ether oxygens (including phenoxy) is 1. The molecule has 2 N–H and O–H groups in total. The van der Waals surface area contributed by atoms with E-state index < -0.39 is 10.0 Å². The van der Waals surface area contributed by atoms with Crippen LogP contribution in [0.4, 0.5) is 0 Å². The highest BCUT2D eigenvalue weighted by Crippen LogP contribution is 2.37. The normalized spacial score (nSPS) is 19.8. The topological polar surface area (TPSA) is 69.4 Å². The third-order valence-corrected chi connectivity index (χ3v) is 3.42. The second kappa shape index (κ2) is 3.37. The Bertz CT molecular complexity index is 512. The van der Waals surface area contributed by atoms with Gasteiger partial charge in [0.05, 0.1) is 9.92 Å². The number of benzene rings is 1. The quantitative estimate of drug-likeness (QED) is 0.814. The van der Waals surface area contributed by atoms with Gasteiger partial charge in [0, 0.05) is 12.0 Å². The summed E-state index contributed by atoms with van der Waals surface area (Å²) in [7, 11) is -3.70. The molecular formula is C9H10ClNO3S. The standard InChI is InChI=1S/C9H10ClNO3S/c1-5-2-6-3-7(15(11,12)13)4-8(10)9(6)14-5/h3-5H,2H2,1H3,(H2,11,12,13)/t5-/m0/s1. The average Bonchev–Trinajstić information content (AvgIpc) is 2.44. The molecule has 4 nitrogen and oxygen atoms in total. The fourth-order valence-electron chi connectivity index (χ4n) is 1.62. The Morgan fingerprint density at radius 3 is 2.80 bits per heavy atom. The van der Waals surface area contributed by atoms with E-state index in [0.29, 0.717) is 17.2 Å². The molecule has 6 heteroatoms. The first-order valence-corrected chi connectivity index (χ1v) is 6.32. The maximum absolute atomic E-state index is 11.1. The van der Waals surface area contributed by atoms with E-state index in [1.54, 1.807) is 0 Å². The van der Waals surface area contributed by atoms with E-state index in [1.165, 1.54) is 12.1 Å². The van der Waals surface area contributed by atoms with Crippen molar-refractivity contribution in [3.63, 3.8) is 0 Å². The summed E-state index contributed by atoms with van der Waals surface area (Å²) < 4.78 is 27.7. The Hall–Kier alpha value is -0.780. The molecule has 2 rings (SSSR count). The van der Waals surface area contributed by atoms with E-state index in [4.69, 9.17) is 21.5 Å². The first kappa shape index (κ1) is 10.7. The van der Waals surface area contributed by atoms with Crippen LogP contribution in [0, 0.1) is 0 Å². The summed E-state index contributed by atoms with van der Waals surface area (Å²) in [6.07, 6.45) is 0.673. The van der Waals surface area contributed by atoms with Crippen LogP contribution in [0.25, 0.3) is 0 Å². The number of hydrogen-bond donors (Lipinski definition) is 1. The number of rotatable bonds is 1. The molecule has 1 heterocycles. The Kier molecular flexibility index (Phi) is 2.41. The van der Waals surface area contributed by atoms with E-state index in [-0.39, 0.29) is 11.0 Å². The molecule has 0 aromatic heterocycles. The zero-order chi connectivity index (χ0) is 11.2. The molecule has 0 unspecified atom stereocenters. The van der Waals surface area contributed by atoms with E-state index in [2.05, 4.69) is 0 Å². The molecule has 15 heavy (non-hydrogen) atoms. The van der Waals surface area contributed by atoms with Crippen LogP contribution in [-0.4, -0.2) is 14.5 Å². The fourth-order valence-corrected chi connectivity index (χ4v) is 2.56. The Morgan fingerprint density at radius 1 is 1.53 bits per heavy atom. The summed E-state index contributed by atoms with van der Waals surface area (Å²) in [4.78, 5) is 0.0314. The third-order valence-electron chi connectivity index (χ3n) is 2.25. The molecule has 1 aliphatic heterocycles. The molecule has 0 bridgehead atoms. The van der Waals surface area contributed by atoms with Crippen molar-refractivity contribution in [1.82, 2.24) is 0 Å². The third kappa shape index (κ3) is 1.95. The molecule has 82 valence electrons. The second-order valence-corrected chi connectivity index (χ2v) is 5.54. The molecule has 1 aliphatic rings. The minimum atomic E-state index is -3.70. The van der Waals surface area contributed by atoms with Gasteiger partial charge in [-0.2, -0.15) is 0 Å². The zero-order valence-corrected chi connectivity index (χ0v) is 9.60. The number of halogens is 1. The van der Waals surface area contributed by atoms with Gasteiger partial charge in [0.1, 0.15) is 11.9 Å². The molecule has 0 fully saturated rings. The fraction of sp³-hybridized carbons (Fsp3) is 0.333. The van der Waals surface area contributed by atoms with Crippen molar-refractivity contribution in [3.8, 4) is 5.75 Å². The number of primary sulfonamides is 1. The lowest BCUT2D eigenvalue weighted by Crippen LogP contribution is -2.12. The minimum absolute atomic E-state index is 0.0215. The monoisotopic (exact) mass is 247 g/mol. The number of hydrogen-bond acceptors (Lipinski definition) is 3. The highest BCUT2D eigenvalue weighted by atomic mass is 35.5. The van der Waals surface area contributed by atoms with Crippen molar-refractivity contribution in [1.29, 1.82) is 0 Å². The minimum Gasteiger partial charge on any atom is -0.489 e. The van der Waals surface area contributed by atoms with Crippen LogP contribution >= 0.6 is 11.6 Å². The van der Waals surface area contributed by atoms with Crippen molar-refractivity contribution in [2.75, 3.05) is 0 Å². The van der Waals surface area contributed by atoms with Crippen molar-refractivity contribution in [3.05, 3.63) is 22.7 Å². The molecule has 1 atom stereocenters. The van der Waals surface area contributed by atoms with Gasteiger partial charge in [0.15, 0.2) is 0 Å². The Balaban J connectivity index is 2.59. The zero-order valence-electron chi connectivity index (χ0n) is 8.03. The average molecular weight is 248 g/mol. The van der Waals surface area contributed by atoms with Crippen LogP contribution < -0.4 is 9.88 Å². The largest absolute Gasteiger partial charge is 0.489 e. The van der Waals surface area contributed by atoms with Crippen LogP contribution in [-0.2, 0) is 16.4 Å². The molecule has 0 radical (unpaired) electrons. The van der Waals surface area contributed by atoms with Crippen molar-refractivity contribution < 1.29 is 13.2 Å². The van der Waals surface area contributed by atoms with E-state index in [1.807, 2.05) is 6.92 Å². The van der Waals surface area contributed by atoms with Gasteiger partial charge in [-0.1, -0.05) is 11.6 Å². The number of nitrogens with two attached hydrogens (primary N) is 1. The molecule has 0 saturated carbocycles. The molecule has 1 aromatic rings. The molecule has 0 spiro atoms. The number of sulfonamides is 1. The van der Waals surface area contributed by atoms with Gasteiger partial charge in [0.2, 0.25) is 10.0 Å². The highest BCUT2D eigenvalue weighted by molar-refractivity contribution is 7.89. The smallest absolute Gasteiger partial charge is 0.238 e. The van der Waals surface area contributed by atoms with E-state index in [9.17, 15) is 8.42 Å². The van der Waals surface area contributed by atoms with Crippen molar-refractivity contribution in [2.45, 2.75) is 24.3 Å². The summed E-state index contributed by atoms with van der Waals surface area (Å²) in [6.45, 7) is 1.90. The molecule has 0 amide bonds. The van der Waals surface area contributed by atoms with Gasteiger partial charge in [0.25, 0.3) is 0 Å². The van der Waals surface area contributed by atoms with E-state index >= 15 is 0 Å². The lowest BCUT2D eigenvalue weighted by molar-refractivity contribution is 0.255. The summed E-state index contributed by atoms with van der Waals surface area (Å²) in [5.41, 5.74) is 0.791. The second-order valence-electron chi connectivity index (χ2n) is 3.57. The van der Waals surface area contributed by atoms with Gasteiger partial charge >= 0.3 is 0 Å². The summed E-state index contributed by atoms with van der Waals surface area (Å²) in [5.74, 6) is 0.566. The molecular weight excluding hydrogens is 238 g/mol.